The van der Waals surface area contributed by atoms with Gasteiger partial charge in [0.05, 0.1) is 18.5 Å². The van der Waals surface area contributed by atoms with Gasteiger partial charge in [0.1, 0.15) is 17.2 Å². The number of rotatable bonds is 3. The molecule has 1 aromatic heterocycles. The monoisotopic (exact) mass is 554 g/mol. The van der Waals surface area contributed by atoms with Crippen LogP contribution in [0.5, 0.6) is 5.75 Å². The van der Waals surface area contributed by atoms with E-state index in [0.717, 1.165) is 5.56 Å². The van der Waals surface area contributed by atoms with Gasteiger partial charge in [-0.2, -0.15) is 17.6 Å². The molecule has 1 amide bonds. The molecule has 1 fully saturated rings. The third-order valence-corrected chi connectivity index (χ3v) is 7.92. The Labute approximate surface area is 227 Å². The number of carbonyl (C=O) groups is 2. The molecule has 0 atom stereocenters. The quantitative estimate of drug-likeness (QED) is 0.357. The van der Waals surface area contributed by atoms with Crippen molar-refractivity contribution in [1.29, 1.82) is 0 Å². The zero-order chi connectivity index (χ0) is 28.2. The van der Waals surface area contributed by atoms with Crippen LogP contribution in [-0.4, -0.2) is 59.5 Å². The number of nitrogens with zero attached hydrogens (tertiary/aromatic N) is 2. The minimum atomic E-state index is -4.28. The number of nitrogen functional groups attached to an aromatic ring is 1. The number of ketones is 1. The molecule has 0 aliphatic carbocycles. The summed E-state index contributed by atoms with van der Waals surface area (Å²) in [5, 5.41) is 2.80. The number of likely N-dealkylation sites (tertiary alicyclic amines) is 1. The molecular formula is C29H26F4N4O3. The first-order valence-electron chi connectivity index (χ1n) is 13.0. The fraction of sp³-hybridized carbons (Fsp3) is 0.345. The third-order valence-electron chi connectivity index (χ3n) is 7.92. The summed E-state index contributed by atoms with van der Waals surface area (Å²) < 4.78 is 59.6. The molecule has 208 valence electrons. The Bertz CT molecular complexity index is 1530. The predicted molar refractivity (Wildman–Crippen MR) is 140 cm³/mol. The zero-order valence-electron chi connectivity index (χ0n) is 21.4. The van der Waals surface area contributed by atoms with Gasteiger partial charge in [-0.25, -0.2) is 4.98 Å². The topological polar surface area (TPSA) is 97.6 Å². The number of fused-ring (bicyclic) bond motifs is 2. The summed E-state index contributed by atoms with van der Waals surface area (Å²) in [7, 11) is 0. The van der Waals surface area contributed by atoms with E-state index in [-0.39, 0.29) is 42.6 Å². The molecule has 0 unspecified atom stereocenters. The van der Waals surface area contributed by atoms with Gasteiger partial charge in [-0.15, -0.1) is 0 Å². The Kier molecular flexibility index (Phi) is 6.29. The predicted octanol–water partition coefficient (Wildman–Crippen LogP) is 4.78. The number of amides is 1. The Balaban J connectivity index is 1.28. The molecule has 6 rings (SSSR count). The van der Waals surface area contributed by atoms with Crippen LogP contribution in [0.4, 0.5) is 23.4 Å². The van der Waals surface area contributed by atoms with Crippen LogP contribution in [0.25, 0.3) is 22.3 Å². The summed E-state index contributed by atoms with van der Waals surface area (Å²) >= 11 is 0. The average Bonchev–Trinajstić information content (AvgIpc) is 2.89. The number of hydrogen-bond acceptors (Lipinski definition) is 6. The summed E-state index contributed by atoms with van der Waals surface area (Å²) in [4.78, 5) is 30.6. The number of piperidine rings is 1. The molecule has 40 heavy (non-hydrogen) atoms. The fourth-order valence-electron chi connectivity index (χ4n) is 5.85. The van der Waals surface area contributed by atoms with Gasteiger partial charge in [-0.3, -0.25) is 14.5 Å². The Morgan fingerprint density at radius 2 is 1.70 bits per heavy atom. The molecule has 1 saturated heterocycles. The Hall–Kier alpha value is -3.99. The Morgan fingerprint density at radius 1 is 0.975 bits per heavy atom. The highest BCUT2D eigenvalue weighted by molar-refractivity contribution is 6.01. The molecule has 7 nitrogen and oxygen atoms in total. The summed E-state index contributed by atoms with van der Waals surface area (Å²) in [6, 6.07) is 11.7. The number of hydrogen-bond donors (Lipinski definition) is 2. The smallest absolute Gasteiger partial charge is 0.401 e. The summed E-state index contributed by atoms with van der Waals surface area (Å²) in [5.74, 6) is -0.812. The second-order valence-corrected chi connectivity index (χ2v) is 10.6. The standard InChI is InChI=1S/C29H26F4N4O3/c30-25-20(13-21(26(34)36-25)16-1-3-19-18(11-16)5-8-35-27(19)39)17-2-4-24-22(12-17)23(38)14-28(40-24)6-9-37(10-7-28)15-29(31,32)33/h1-4,11-13H,5-10,14-15H2,(H2,34,36)(H,35,39). The molecule has 0 radical (unpaired) electrons. The van der Waals surface area contributed by atoms with Crippen LogP contribution in [0.2, 0.25) is 0 Å². The number of anilines is 1. The largest absolute Gasteiger partial charge is 0.486 e. The molecule has 1 spiro atoms. The highest BCUT2D eigenvalue weighted by atomic mass is 19.4. The summed E-state index contributed by atoms with van der Waals surface area (Å²) in [6.45, 7) is -0.103. The van der Waals surface area contributed by atoms with Crippen LogP contribution in [0.3, 0.4) is 0 Å². The van der Waals surface area contributed by atoms with E-state index in [9.17, 15) is 22.8 Å². The zero-order valence-corrected chi connectivity index (χ0v) is 21.4. The van der Waals surface area contributed by atoms with Crippen molar-refractivity contribution in [3.05, 3.63) is 65.1 Å². The van der Waals surface area contributed by atoms with E-state index in [1.165, 1.54) is 4.90 Å². The number of benzene rings is 2. The van der Waals surface area contributed by atoms with Gasteiger partial charge in [0.15, 0.2) is 5.78 Å². The molecule has 3 N–H and O–H groups in total. The van der Waals surface area contributed by atoms with Crippen molar-refractivity contribution in [2.75, 3.05) is 31.9 Å². The lowest BCUT2D eigenvalue weighted by molar-refractivity contribution is -0.153. The fourth-order valence-corrected chi connectivity index (χ4v) is 5.85. The van der Waals surface area contributed by atoms with Crippen LogP contribution in [-0.2, 0) is 6.42 Å². The SMILES string of the molecule is Nc1nc(F)c(-c2ccc3c(c2)C(=O)CC2(CCN(CC(F)(F)F)CC2)O3)cc1-c1ccc2c(c1)CCNC2=O. The van der Waals surface area contributed by atoms with E-state index >= 15 is 4.39 Å². The highest BCUT2D eigenvalue weighted by Gasteiger charge is 2.44. The lowest BCUT2D eigenvalue weighted by atomic mass is 9.82. The van der Waals surface area contributed by atoms with Gasteiger partial charge in [0.25, 0.3) is 5.91 Å². The van der Waals surface area contributed by atoms with E-state index < -0.39 is 24.3 Å². The van der Waals surface area contributed by atoms with Crippen molar-refractivity contribution in [2.45, 2.75) is 37.5 Å². The van der Waals surface area contributed by atoms with Crippen LogP contribution in [0, 0.1) is 5.95 Å². The molecule has 0 bridgehead atoms. The van der Waals surface area contributed by atoms with E-state index in [4.69, 9.17) is 10.5 Å². The van der Waals surface area contributed by atoms with Crippen LogP contribution in [0.1, 0.15) is 45.5 Å². The van der Waals surface area contributed by atoms with Crippen LogP contribution in [0.15, 0.2) is 42.5 Å². The molecule has 3 aliphatic heterocycles. The van der Waals surface area contributed by atoms with E-state index in [1.807, 2.05) is 6.07 Å². The molecule has 4 heterocycles. The third kappa shape index (κ3) is 4.90. The minimum Gasteiger partial charge on any atom is -0.486 e. The second kappa shape index (κ2) is 9.58. The van der Waals surface area contributed by atoms with Gasteiger partial charge in [0.2, 0.25) is 5.95 Å². The van der Waals surface area contributed by atoms with Crippen molar-refractivity contribution in [2.24, 2.45) is 0 Å². The van der Waals surface area contributed by atoms with Crippen LogP contribution < -0.4 is 15.8 Å². The first kappa shape index (κ1) is 26.2. The van der Waals surface area contributed by atoms with Gasteiger partial charge in [-0.1, -0.05) is 18.2 Å². The first-order valence-corrected chi connectivity index (χ1v) is 13.0. The molecular weight excluding hydrogens is 528 g/mol. The molecule has 2 aromatic carbocycles. The van der Waals surface area contributed by atoms with E-state index in [2.05, 4.69) is 10.3 Å². The number of ether oxygens (including phenoxy) is 1. The summed E-state index contributed by atoms with van der Waals surface area (Å²) in [6.07, 6.45) is -2.97. The Morgan fingerprint density at radius 3 is 2.45 bits per heavy atom. The van der Waals surface area contributed by atoms with Crippen molar-refractivity contribution < 1.29 is 31.9 Å². The minimum absolute atomic E-state index is 0.00219. The number of aromatic nitrogens is 1. The number of pyridine rings is 1. The van der Waals surface area contributed by atoms with Gasteiger partial charge >= 0.3 is 6.18 Å². The van der Waals surface area contributed by atoms with Crippen molar-refractivity contribution in [3.63, 3.8) is 0 Å². The number of alkyl halides is 3. The number of nitrogens with two attached hydrogens (primary N) is 1. The maximum absolute atomic E-state index is 15.1. The summed E-state index contributed by atoms with van der Waals surface area (Å²) in [5.41, 5.74) is 8.72. The highest BCUT2D eigenvalue weighted by Crippen LogP contribution is 2.42. The first-order chi connectivity index (χ1) is 19.0. The van der Waals surface area contributed by atoms with Crippen molar-refractivity contribution in [3.8, 4) is 28.0 Å². The van der Waals surface area contributed by atoms with Crippen LogP contribution >= 0.6 is 0 Å². The normalized spacial score (nSPS) is 18.6. The number of Topliss-reactive ketones (excluding diaryl/α,β-unsaturated/α-hetero) is 1. The van der Waals surface area contributed by atoms with Gasteiger partial charge in [0, 0.05) is 49.2 Å². The second-order valence-electron chi connectivity index (χ2n) is 10.6. The van der Waals surface area contributed by atoms with Gasteiger partial charge < -0.3 is 15.8 Å². The average molecular weight is 555 g/mol. The van der Waals surface area contributed by atoms with E-state index in [0.29, 0.717) is 59.4 Å². The lowest BCUT2D eigenvalue weighted by Crippen LogP contribution is -2.52. The number of carbonyl (C=O) groups excluding carboxylic acids is 2. The van der Waals surface area contributed by atoms with E-state index in [1.54, 1.807) is 36.4 Å². The number of halogens is 4. The molecule has 11 heteroatoms. The van der Waals surface area contributed by atoms with Crippen molar-refractivity contribution in [1.82, 2.24) is 15.2 Å². The lowest BCUT2D eigenvalue weighted by Gasteiger charge is -2.44. The number of nitrogens with one attached hydrogen (secondary N) is 1. The maximum Gasteiger partial charge on any atom is 0.401 e. The molecule has 0 saturated carbocycles. The van der Waals surface area contributed by atoms with Crippen molar-refractivity contribution >= 4 is 17.5 Å². The maximum atomic E-state index is 15.1. The van der Waals surface area contributed by atoms with Gasteiger partial charge in [-0.05, 0) is 47.4 Å². The molecule has 3 aromatic rings. The molecule has 3 aliphatic rings.